The molecule has 0 spiro atoms. The Morgan fingerprint density at radius 3 is 2.77 bits per heavy atom. The van der Waals surface area contributed by atoms with Gasteiger partial charge in [0, 0.05) is 15.8 Å². The molecule has 1 amide bonds. The van der Waals surface area contributed by atoms with Crippen molar-refractivity contribution in [1.29, 1.82) is 0 Å². The Morgan fingerprint density at radius 1 is 1.27 bits per heavy atom. The smallest absolute Gasteiger partial charge is 0.322 e. The number of benzene rings is 1. The molecule has 3 aromatic rings. The minimum absolute atomic E-state index is 0.118. The van der Waals surface area contributed by atoms with Crippen LogP contribution in [0.1, 0.15) is 5.56 Å². The number of carbonyl (C=O) groups excluding carboxylic acids is 1. The van der Waals surface area contributed by atoms with Crippen molar-refractivity contribution in [3.63, 3.8) is 0 Å². The average molecular weight is 331 g/mol. The van der Waals surface area contributed by atoms with E-state index in [1.807, 2.05) is 47.3 Å². The minimum Gasteiger partial charge on any atom is -0.403 e. The summed E-state index contributed by atoms with van der Waals surface area (Å²) in [6.07, 6.45) is 2.28. The van der Waals surface area contributed by atoms with Crippen LogP contribution in [0.25, 0.3) is 11.5 Å². The van der Waals surface area contributed by atoms with E-state index in [4.69, 9.17) is 4.42 Å². The standard InChI is InChI=1S/C15H13N3O2S2/c1-21-12-4-2-10(3-5-12)8-13(19)16-15-18-17-14(20-15)11-6-7-22-9-11/h2-7,9H,8H2,1H3,(H,16,18,19). The summed E-state index contributed by atoms with van der Waals surface area (Å²) in [6.45, 7) is 0. The van der Waals surface area contributed by atoms with Crippen LogP contribution in [0.4, 0.5) is 6.01 Å². The molecule has 0 aliphatic carbocycles. The number of nitrogens with zero attached hydrogens (tertiary/aromatic N) is 2. The van der Waals surface area contributed by atoms with Crippen molar-refractivity contribution >= 4 is 35.0 Å². The molecule has 1 N–H and O–H groups in total. The van der Waals surface area contributed by atoms with Crippen molar-refractivity contribution in [2.45, 2.75) is 11.3 Å². The molecule has 0 aliphatic rings. The van der Waals surface area contributed by atoms with Crippen molar-refractivity contribution in [1.82, 2.24) is 10.2 Å². The van der Waals surface area contributed by atoms with Crippen molar-refractivity contribution in [3.05, 3.63) is 46.7 Å². The second-order valence-corrected chi connectivity index (χ2v) is 6.16. The van der Waals surface area contributed by atoms with Gasteiger partial charge in [-0.2, -0.15) is 11.3 Å². The number of carbonyl (C=O) groups is 1. The molecule has 3 rings (SSSR count). The summed E-state index contributed by atoms with van der Waals surface area (Å²) in [6, 6.07) is 9.87. The molecule has 1 aromatic carbocycles. The van der Waals surface area contributed by atoms with Crippen LogP contribution in [0.5, 0.6) is 0 Å². The van der Waals surface area contributed by atoms with Crippen LogP contribution in [0.15, 0.2) is 50.4 Å². The minimum atomic E-state index is -0.183. The van der Waals surface area contributed by atoms with Crippen molar-refractivity contribution in [2.24, 2.45) is 0 Å². The third kappa shape index (κ3) is 3.55. The highest BCUT2D eigenvalue weighted by Gasteiger charge is 2.12. The second kappa shape index (κ2) is 6.76. The molecule has 112 valence electrons. The number of hydrogen-bond acceptors (Lipinski definition) is 6. The summed E-state index contributed by atoms with van der Waals surface area (Å²) in [5.41, 5.74) is 1.79. The number of rotatable bonds is 5. The van der Waals surface area contributed by atoms with E-state index < -0.39 is 0 Å². The van der Waals surface area contributed by atoms with Crippen LogP contribution in [-0.2, 0) is 11.2 Å². The van der Waals surface area contributed by atoms with E-state index in [1.165, 1.54) is 4.90 Å². The predicted octanol–water partition coefficient (Wildman–Crippen LogP) is 3.70. The van der Waals surface area contributed by atoms with E-state index in [0.717, 1.165) is 11.1 Å². The lowest BCUT2D eigenvalue weighted by molar-refractivity contribution is -0.115. The first kappa shape index (κ1) is 14.8. The Kier molecular flexibility index (Phi) is 4.55. The number of aromatic nitrogens is 2. The summed E-state index contributed by atoms with van der Waals surface area (Å²) in [4.78, 5) is 13.2. The lowest BCUT2D eigenvalue weighted by atomic mass is 10.1. The number of hydrogen-bond donors (Lipinski definition) is 1. The molecular formula is C15H13N3O2S2. The van der Waals surface area contributed by atoms with Crippen LogP contribution >= 0.6 is 23.1 Å². The summed E-state index contributed by atoms with van der Waals surface area (Å²) in [5.74, 6) is 0.221. The largest absolute Gasteiger partial charge is 0.403 e. The van der Waals surface area contributed by atoms with E-state index in [1.54, 1.807) is 23.1 Å². The third-order valence-electron chi connectivity index (χ3n) is 2.96. The molecule has 0 aliphatic heterocycles. The number of thioether (sulfide) groups is 1. The first-order chi connectivity index (χ1) is 10.7. The van der Waals surface area contributed by atoms with Gasteiger partial charge >= 0.3 is 6.01 Å². The quantitative estimate of drug-likeness (QED) is 0.722. The van der Waals surface area contributed by atoms with E-state index in [9.17, 15) is 4.79 Å². The van der Waals surface area contributed by atoms with Gasteiger partial charge in [0.2, 0.25) is 5.91 Å². The lowest BCUT2D eigenvalue weighted by Crippen LogP contribution is -2.14. The Labute approximate surface area is 135 Å². The Morgan fingerprint density at radius 2 is 2.09 bits per heavy atom. The van der Waals surface area contributed by atoms with Gasteiger partial charge in [-0.3, -0.25) is 10.1 Å². The van der Waals surface area contributed by atoms with E-state index in [2.05, 4.69) is 15.5 Å². The maximum Gasteiger partial charge on any atom is 0.322 e. The fraction of sp³-hybridized carbons (Fsp3) is 0.133. The highest BCUT2D eigenvalue weighted by molar-refractivity contribution is 7.98. The average Bonchev–Trinajstić information content (AvgIpc) is 3.19. The number of amides is 1. The van der Waals surface area contributed by atoms with E-state index in [0.29, 0.717) is 5.89 Å². The Hall–Kier alpha value is -2.12. The van der Waals surface area contributed by atoms with Crippen molar-refractivity contribution in [2.75, 3.05) is 11.6 Å². The van der Waals surface area contributed by atoms with Gasteiger partial charge in [0.05, 0.1) is 6.42 Å². The van der Waals surface area contributed by atoms with Crippen molar-refractivity contribution in [3.8, 4) is 11.5 Å². The maximum atomic E-state index is 12.0. The van der Waals surface area contributed by atoms with Crippen LogP contribution < -0.4 is 5.32 Å². The van der Waals surface area contributed by atoms with Gasteiger partial charge < -0.3 is 4.42 Å². The topological polar surface area (TPSA) is 68.0 Å². The molecule has 0 bridgehead atoms. The summed E-state index contributed by atoms with van der Waals surface area (Å²) >= 11 is 3.21. The maximum absolute atomic E-state index is 12.0. The molecule has 0 radical (unpaired) electrons. The van der Waals surface area contributed by atoms with Crippen molar-refractivity contribution < 1.29 is 9.21 Å². The molecule has 7 heteroatoms. The second-order valence-electron chi connectivity index (χ2n) is 4.50. The number of thiophene rings is 1. The number of anilines is 1. The van der Waals surface area contributed by atoms with Gasteiger partial charge in [-0.05, 0) is 35.4 Å². The Bertz CT molecular complexity index is 751. The SMILES string of the molecule is CSc1ccc(CC(=O)Nc2nnc(-c3ccsc3)o2)cc1. The van der Waals surface area contributed by atoms with Gasteiger partial charge in [0.25, 0.3) is 5.89 Å². The zero-order chi connectivity index (χ0) is 15.4. The summed E-state index contributed by atoms with van der Waals surface area (Å²) in [5, 5.41) is 14.2. The number of nitrogens with one attached hydrogen (secondary N) is 1. The third-order valence-corrected chi connectivity index (χ3v) is 4.39. The zero-order valence-electron chi connectivity index (χ0n) is 11.8. The first-order valence-corrected chi connectivity index (χ1v) is 8.70. The molecule has 0 unspecified atom stereocenters. The Balaban J connectivity index is 1.61. The fourth-order valence-electron chi connectivity index (χ4n) is 1.87. The molecule has 0 saturated heterocycles. The molecule has 5 nitrogen and oxygen atoms in total. The highest BCUT2D eigenvalue weighted by atomic mass is 32.2. The molecule has 2 heterocycles. The first-order valence-electron chi connectivity index (χ1n) is 6.53. The fourth-order valence-corrected chi connectivity index (χ4v) is 2.91. The van der Waals surface area contributed by atoms with Gasteiger partial charge in [0.15, 0.2) is 0 Å². The highest BCUT2D eigenvalue weighted by Crippen LogP contribution is 2.22. The molecule has 0 fully saturated rings. The molecule has 0 atom stereocenters. The van der Waals surface area contributed by atoms with Gasteiger partial charge in [-0.1, -0.05) is 17.2 Å². The summed E-state index contributed by atoms with van der Waals surface area (Å²) in [7, 11) is 0. The van der Waals surface area contributed by atoms with Crippen LogP contribution in [0.3, 0.4) is 0 Å². The lowest BCUT2D eigenvalue weighted by Gasteiger charge is -2.02. The molecule has 22 heavy (non-hydrogen) atoms. The van der Waals surface area contributed by atoms with Gasteiger partial charge in [-0.25, -0.2) is 0 Å². The molecule has 2 aromatic heterocycles. The monoisotopic (exact) mass is 331 g/mol. The van der Waals surface area contributed by atoms with Crippen LogP contribution in [0.2, 0.25) is 0 Å². The van der Waals surface area contributed by atoms with E-state index in [-0.39, 0.29) is 18.3 Å². The van der Waals surface area contributed by atoms with Crippen LogP contribution in [0, 0.1) is 0 Å². The molecule has 0 saturated carbocycles. The van der Waals surface area contributed by atoms with Gasteiger partial charge in [0.1, 0.15) is 0 Å². The summed E-state index contributed by atoms with van der Waals surface area (Å²) < 4.78 is 5.42. The van der Waals surface area contributed by atoms with Gasteiger partial charge in [-0.15, -0.1) is 16.9 Å². The predicted molar refractivity (Wildman–Crippen MR) is 88.2 cm³/mol. The zero-order valence-corrected chi connectivity index (χ0v) is 13.4. The normalized spacial score (nSPS) is 10.6. The molecular weight excluding hydrogens is 318 g/mol. The van der Waals surface area contributed by atoms with Crippen LogP contribution in [-0.4, -0.2) is 22.4 Å². The van der Waals surface area contributed by atoms with E-state index >= 15 is 0 Å².